The molecule has 1 aromatic heterocycles. The van der Waals surface area contributed by atoms with Gasteiger partial charge in [-0.1, -0.05) is 37.3 Å². The van der Waals surface area contributed by atoms with Crippen molar-refractivity contribution in [1.29, 1.82) is 0 Å². The standard InChI is InChI=1S/C16H22N4O/c1-4-13-10-14(20(3)19-13)15(21)18-16(2,11-17)12-8-6-5-7-9-12/h5-10H,4,11,17H2,1-3H3,(H,18,21). The monoisotopic (exact) mass is 286 g/mol. The van der Waals surface area contributed by atoms with E-state index in [4.69, 9.17) is 5.73 Å². The molecule has 5 nitrogen and oxygen atoms in total. The Bertz CT molecular complexity index is 620. The average Bonchev–Trinajstić information content (AvgIpc) is 2.89. The molecule has 0 saturated heterocycles. The zero-order valence-corrected chi connectivity index (χ0v) is 12.8. The van der Waals surface area contributed by atoms with Crippen molar-refractivity contribution in [2.45, 2.75) is 25.8 Å². The highest BCUT2D eigenvalue weighted by Gasteiger charge is 2.28. The van der Waals surface area contributed by atoms with Crippen LogP contribution < -0.4 is 11.1 Å². The van der Waals surface area contributed by atoms with Gasteiger partial charge in [-0.2, -0.15) is 5.10 Å². The van der Waals surface area contributed by atoms with E-state index in [0.29, 0.717) is 12.2 Å². The van der Waals surface area contributed by atoms with Gasteiger partial charge in [0.1, 0.15) is 5.69 Å². The second-order valence-corrected chi connectivity index (χ2v) is 5.35. The van der Waals surface area contributed by atoms with Crippen molar-refractivity contribution in [3.63, 3.8) is 0 Å². The molecule has 21 heavy (non-hydrogen) atoms. The molecule has 1 atom stereocenters. The third kappa shape index (κ3) is 3.13. The maximum Gasteiger partial charge on any atom is 0.270 e. The lowest BCUT2D eigenvalue weighted by Gasteiger charge is -2.30. The molecule has 0 radical (unpaired) electrons. The summed E-state index contributed by atoms with van der Waals surface area (Å²) >= 11 is 0. The summed E-state index contributed by atoms with van der Waals surface area (Å²) in [6, 6.07) is 11.6. The van der Waals surface area contributed by atoms with Crippen molar-refractivity contribution in [1.82, 2.24) is 15.1 Å². The van der Waals surface area contributed by atoms with Gasteiger partial charge in [-0.3, -0.25) is 9.48 Å². The van der Waals surface area contributed by atoms with Crippen molar-refractivity contribution in [2.75, 3.05) is 6.54 Å². The minimum absolute atomic E-state index is 0.165. The molecule has 1 aromatic carbocycles. The molecule has 3 N–H and O–H groups in total. The minimum atomic E-state index is -0.602. The first-order chi connectivity index (χ1) is 10.00. The van der Waals surface area contributed by atoms with E-state index in [1.165, 1.54) is 0 Å². The Labute approximate surface area is 125 Å². The fraction of sp³-hybridized carbons (Fsp3) is 0.375. The number of carbonyl (C=O) groups is 1. The van der Waals surface area contributed by atoms with Gasteiger partial charge in [-0.15, -0.1) is 0 Å². The van der Waals surface area contributed by atoms with E-state index in [1.807, 2.05) is 50.2 Å². The fourth-order valence-electron chi connectivity index (χ4n) is 2.27. The summed E-state index contributed by atoms with van der Waals surface area (Å²) in [5, 5.41) is 7.33. The lowest BCUT2D eigenvalue weighted by atomic mass is 9.92. The number of aryl methyl sites for hydroxylation is 2. The smallest absolute Gasteiger partial charge is 0.270 e. The number of aromatic nitrogens is 2. The van der Waals surface area contributed by atoms with E-state index in [0.717, 1.165) is 17.7 Å². The average molecular weight is 286 g/mol. The normalized spacial score (nSPS) is 13.7. The quantitative estimate of drug-likeness (QED) is 0.876. The van der Waals surface area contributed by atoms with Crippen LogP contribution in [0.3, 0.4) is 0 Å². The van der Waals surface area contributed by atoms with Crippen molar-refractivity contribution in [2.24, 2.45) is 12.8 Å². The zero-order chi connectivity index (χ0) is 15.5. The van der Waals surface area contributed by atoms with E-state index < -0.39 is 5.54 Å². The second kappa shape index (κ2) is 6.10. The van der Waals surface area contributed by atoms with Crippen molar-refractivity contribution >= 4 is 5.91 Å². The van der Waals surface area contributed by atoms with Crippen LogP contribution in [0.4, 0.5) is 0 Å². The van der Waals surface area contributed by atoms with E-state index in [2.05, 4.69) is 10.4 Å². The number of benzene rings is 1. The highest BCUT2D eigenvalue weighted by molar-refractivity contribution is 5.93. The van der Waals surface area contributed by atoms with Gasteiger partial charge in [0, 0.05) is 13.6 Å². The summed E-state index contributed by atoms with van der Waals surface area (Å²) in [6.07, 6.45) is 0.800. The fourth-order valence-corrected chi connectivity index (χ4v) is 2.27. The molecule has 0 spiro atoms. The van der Waals surface area contributed by atoms with E-state index >= 15 is 0 Å². The number of nitrogens with zero attached hydrogens (tertiary/aromatic N) is 2. The predicted octanol–water partition coefficient (Wildman–Crippen LogP) is 1.59. The summed E-state index contributed by atoms with van der Waals surface area (Å²) in [5.74, 6) is -0.165. The van der Waals surface area contributed by atoms with E-state index in [1.54, 1.807) is 11.7 Å². The first-order valence-corrected chi connectivity index (χ1v) is 7.11. The molecule has 0 aliphatic heterocycles. The number of carbonyl (C=O) groups excluding carboxylic acids is 1. The summed E-state index contributed by atoms with van der Waals surface area (Å²) in [7, 11) is 1.77. The minimum Gasteiger partial charge on any atom is -0.340 e. The van der Waals surface area contributed by atoms with Gasteiger partial charge in [0.05, 0.1) is 11.2 Å². The van der Waals surface area contributed by atoms with Crippen LogP contribution in [0.5, 0.6) is 0 Å². The third-order valence-corrected chi connectivity index (χ3v) is 3.73. The molecule has 0 aliphatic rings. The van der Waals surface area contributed by atoms with Gasteiger partial charge < -0.3 is 11.1 Å². The molecule has 2 rings (SSSR count). The Morgan fingerprint density at radius 3 is 2.57 bits per heavy atom. The number of rotatable bonds is 5. The van der Waals surface area contributed by atoms with Crippen molar-refractivity contribution in [3.05, 3.63) is 53.3 Å². The molecule has 1 unspecified atom stereocenters. The van der Waals surface area contributed by atoms with Crippen LogP contribution in [0.1, 0.15) is 35.6 Å². The number of nitrogens with two attached hydrogens (primary N) is 1. The van der Waals surface area contributed by atoms with Gasteiger partial charge in [0.2, 0.25) is 0 Å². The predicted molar refractivity (Wildman–Crippen MR) is 82.9 cm³/mol. The summed E-state index contributed by atoms with van der Waals surface area (Å²) in [6.45, 7) is 4.26. The number of hydrogen-bond donors (Lipinski definition) is 2. The van der Waals surface area contributed by atoms with Crippen LogP contribution in [-0.2, 0) is 19.0 Å². The van der Waals surface area contributed by atoms with Crippen molar-refractivity contribution in [3.8, 4) is 0 Å². The number of hydrogen-bond acceptors (Lipinski definition) is 3. The maximum atomic E-state index is 12.5. The Balaban J connectivity index is 2.26. The largest absolute Gasteiger partial charge is 0.340 e. The van der Waals surface area contributed by atoms with Gasteiger partial charge >= 0.3 is 0 Å². The molecule has 2 aromatic rings. The first kappa shape index (κ1) is 15.3. The zero-order valence-electron chi connectivity index (χ0n) is 12.8. The molecule has 0 saturated carbocycles. The van der Waals surface area contributed by atoms with Crippen LogP contribution in [-0.4, -0.2) is 22.2 Å². The van der Waals surface area contributed by atoms with Gasteiger partial charge in [0.15, 0.2) is 0 Å². The molecule has 1 amide bonds. The topological polar surface area (TPSA) is 72.9 Å². The highest BCUT2D eigenvalue weighted by Crippen LogP contribution is 2.20. The molecule has 112 valence electrons. The number of nitrogens with one attached hydrogen (secondary N) is 1. The van der Waals surface area contributed by atoms with Crippen molar-refractivity contribution < 1.29 is 4.79 Å². The second-order valence-electron chi connectivity index (χ2n) is 5.35. The summed E-state index contributed by atoms with van der Waals surface area (Å²) in [5.41, 5.74) is 7.72. The molecule has 1 heterocycles. The molecule has 0 fully saturated rings. The first-order valence-electron chi connectivity index (χ1n) is 7.11. The highest BCUT2D eigenvalue weighted by atomic mass is 16.2. The van der Waals surface area contributed by atoms with E-state index in [-0.39, 0.29) is 5.91 Å². The summed E-state index contributed by atoms with van der Waals surface area (Å²) in [4.78, 5) is 12.5. The molecular formula is C16H22N4O. The van der Waals surface area contributed by atoms with Crippen LogP contribution in [0, 0.1) is 0 Å². The Morgan fingerprint density at radius 2 is 2.05 bits per heavy atom. The molecular weight excluding hydrogens is 264 g/mol. The lowest BCUT2D eigenvalue weighted by molar-refractivity contribution is 0.0897. The molecule has 0 bridgehead atoms. The Kier molecular flexibility index (Phi) is 4.43. The van der Waals surface area contributed by atoms with Crippen LogP contribution in [0.15, 0.2) is 36.4 Å². The molecule has 0 aliphatic carbocycles. The van der Waals surface area contributed by atoms with E-state index in [9.17, 15) is 4.79 Å². The van der Waals surface area contributed by atoms with Crippen LogP contribution in [0.2, 0.25) is 0 Å². The SMILES string of the molecule is CCc1cc(C(=O)NC(C)(CN)c2ccccc2)n(C)n1. The Morgan fingerprint density at radius 1 is 1.38 bits per heavy atom. The Hall–Kier alpha value is -2.14. The molecule has 5 heteroatoms. The third-order valence-electron chi connectivity index (χ3n) is 3.73. The van der Waals surface area contributed by atoms with Gasteiger partial charge in [0.25, 0.3) is 5.91 Å². The van der Waals surface area contributed by atoms with Gasteiger partial charge in [-0.05, 0) is 25.0 Å². The van der Waals surface area contributed by atoms with Crippen LogP contribution in [0.25, 0.3) is 0 Å². The number of amides is 1. The maximum absolute atomic E-state index is 12.5. The van der Waals surface area contributed by atoms with Gasteiger partial charge in [-0.25, -0.2) is 0 Å². The van der Waals surface area contributed by atoms with Crippen LogP contribution >= 0.6 is 0 Å². The lowest BCUT2D eigenvalue weighted by Crippen LogP contribution is -2.49. The summed E-state index contributed by atoms with van der Waals surface area (Å²) < 4.78 is 1.61.